The van der Waals surface area contributed by atoms with Crippen molar-refractivity contribution in [3.63, 3.8) is 0 Å². The number of hydrogen-bond donors (Lipinski definition) is 5. The van der Waals surface area contributed by atoms with Gasteiger partial charge in [-0.25, -0.2) is 9.78 Å². The molecule has 11 nitrogen and oxygen atoms in total. The van der Waals surface area contributed by atoms with E-state index in [1.165, 1.54) is 11.8 Å². The summed E-state index contributed by atoms with van der Waals surface area (Å²) in [6, 6.07) is 34.1. The summed E-state index contributed by atoms with van der Waals surface area (Å²) in [7, 11) is 0. The molecular formula is C45H48N4O7S. The first kappa shape index (κ1) is 41.1. The summed E-state index contributed by atoms with van der Waals surface area (Å²) in [5.74, 6) is -0.634. The van der Waals surface area contributed by atoms with E-state index in [4.69, 9.17) is 15.2 Å². The smallest absolute Gasteiger partial charge is 0.338 e. The average Bonchev–Trinajstić information content (AvgIpc) is 3.24. The van der Waals surface area contributed by atoms with Crippen LogP contribution < -0.4 is 16.4 Å². The number of nitrogens with two attached hydrogens (primary N) is 1. The van der Waals surface area contributed by atoms with Crippen molar-refractivity contribution in [3.8, 4) is 11.1 Å². The molecule has 1 saturated heterocycles. The Kier molecular flexibility index (Phi) is 14.8. The van der Waals surface area contributed by atoms with Crippen molar-refractivity contribution in [2.75, 3.05) is 16.8 Å². The molecule has 0 bridgehead atoms. The van der Waals surface area contributed by atoms with Crippen molar-refractivity contribution in [2.24, 2.45) is 0 Å². The molecule has 1 aromatic heterocycles. The first-order chi connectivity index (χ1) is 27.7. The first-order valence-electron chi connectivity index (χ1n) is 19.2. The van der Waals surface area contributed by atoms with Crippen molar-refractivity contribution in [3.05, 3.63) is 143 Å². The molecule has 2 heterocycles. The molecule has 6 N–H and O–H groups in total. The van der Waals surface area contributed by atoms with Crippen LogP contribution in [0.15, 0.2) is 120 Å². The highest BCUT2D eigenvalue weighted by atomic mass is 32.2. The number of carbonyl (C=O) groups is 3. The predicted molar refractivity (Wildman–Crippen MR) is 221 cm³/mol. The highest BCUT2D eigenvalue weighted by Crippen LogP contribution is 2.40. The number of nitrogen functional groups attached to an aromatic ring is 1. The van der Waals surface area contributed by atoms with Crippen LogP contribution in [-0.4, -0.2) is 44.8 Å². The third-order valence-corrected chi connectivity index (χ3v) is 10.9. The Hall–Kier alpha value is -5.53. The van der Waals surface area contributed by atoms with Gasteiger partial charge in [0.15, 0.2) is 6.29 Å². The third kappa shape index (κ3) is 12.0. The van der Waals surface area contributed by atoms with E-state index in [1.807, 2.05) is 78.9 Å². The summed E-state index contributed by atoms with van der Waals surface area (Å²) in [5.41, 5.74) is 12.7. The maximum Gasteiger partial charge on any atom is 0.338 e. The van der Waals surface area contributed by atoms with Gasteiger partial charge in [-0.1, -0.05) is 85.6 Å². The van der Waals surface area contributed by atoms with Gasteiger partial charge in [-0.05, 0) is 77.1 Å². The van der Waals surface area contributed by atoms with E-state index in [9.17, 15) is 24.6 Å². The van der Waals surface area contributed by atoms with Gasteiger partial charge in [0.2, 0.25) is 11.8 Å². The molecule has 0 radical (unpaired) electrons. The maximum atomic E-state index is 12.7. The number of nitrogens with zero attached hydrogens (tertiary/aromatic N) is 1. The molecule has 0 spiro atoms. The number of amides is 2. The number of hydrogen-bond acceptors (Lipinski definition) is 9. The Bertz CT molecular complexity index is 2130. The standard InChI is InChI=1S/C45H48N4O7S/c46-38-15-5-6-16-39(38)49-42(52)18-4-2-1-3-17-41(51)48-27-31-10-7-11-33(24-31)34-12-8-13-35(25-34)45-55-36(29-57-43-37(44(53)54)14-9-23-47-43)26-40(56-45)32-21-19-30(28-50)20-22-32/h5-16,19-25,36,40,45,50H,1-4,17-18,26-29,46H2,(H,48,51)(H,49,52)(H,53,54)/t36-,40+,45+/m0/s1. The number of pyridine rings is 1. The lowest BCUT2D eigenvalue weighted by Gasteiger charge is -2.36. The molecule has 57 heavy (non-hydrogen) atoms. The van der Waals surface area contributed by atoms with Crippen LogP contribution in [0.3, 0.4) is 0 Å². The number of rotatable bonds is 18. The minimum absolute atomic E-state index is 0.0122. The lowest BCUT2D eigenvalue weighted by molar-refractivity contribution is -0.245. The van der Waals surface area contributed by atoms with E-state index in [0.717, 1.165) is 59.1 Å². The van der Waals surface area contributed by atoms with Crippen molar-refractivity contribution in [1.29, 1.82) is 0 Å². The van der Waals surface area contributed by atoms with Crippen LogP contribution in [0.1, 0.15) is 90.0 Å². The molecule has 296 valence electrons. The quantitative estimate of drug-likeness (QED) is 0.0329. The highest BCUT2D eigenvalue weighted by molar-refractivity contribution is 7.99. The molecule has 1 aliphatic heterocycles. The molecule has 1 aliphatic rings. The second-order valence-electron chi connectivity index (χ2n) is 14.0. The Labute approximate surface area is 337 Å². The van der Waals surface area contributed by atoms with E-state index >= 15 is 0 Å². The number of anilines is 2. The topological polar surface area (TPSA) is 173 Å². The minimum Gasteiger partial charge on any atom is -0.478 e. The predicted octanol–water partition coefficient (Wildman–Crippen LogP) is 8.45. The number of para-hydroxylation sites is 2. The second-order valence-corrected chi connectivity index (χ2v) is 15.0. The highest BCUT2D eigenvalue weighted by Gasteiger charge is 2.33. The zero-order chi connectivity index (χ0) is 40.0. The zero-order valence-electron chi connectivity index (χ0n) is 31.6. The van der Waals surface area contributed by atoms with Gasteiger partial charge in [0, 0.05) is 43.3 Å². The number of aliphatic hydroxyl groups is 1. The van der Waals surface area contributed by atoms with Crippen LogP contribution >= 0.6 is 11.8 Å². The number of aliphatic hydroxyl groups excluding tert-OH is 1. The van der Waals surface area contributed by atoms with E-state index in [0.29, 0.717) is 48.0 Å². The van der Waals surface area contributed by atoms with Crippen molar-refractivity contribution in [2.45, 2.75) is 81.6 Å². The van der Waals surface area contributed by atoms with Crippen LogP contribution in [0.2, 0.25) is 0 Å². The van der Waals surface area contributed by atoms with Crippen LogP contribution in [0.5, 0.6) is 0 Å². The fourth-order valence-electron chi connectivity index (χ4n) is 6.63. The summed E-state index contributed by atoms with van der Waals surface area (Å²) in [4.78, 5) is 41.0. The number of ether oxygens (including phenoxy) is 2. The van der Waals surface area contributed by atoms with Crippen molar-refractivity contribution in [1.82, 2.24) is 10.3 Å². The second kappa shape index (κ2) is 20.6. The van der Waals surface area contributed by atoms with Gasteiger partial charge in [0.25, 0.3) is 0 Å². The lowest BCUT2D eigenvalue weighted by atomic mass is 9.99. The lowest BCUT2D eigenvalue weighted by Crippen LogP contribution is -2.31. The van der Waals surface area contributed by atoms with Crippen LogP contribution in [-0.2, 0) is 32.2 Å². The Balaban J connectivity index is 1.03. The van der Waals surface area contributed by atoms with E-state index in [2.05, 4.69) is 21.7 Å². The number of carboxylic acid groups (broad SMARTS) is 1. The largest absolute Gasteiger partial charge is 0.478 e. The minimum atomic E-state index is -1.03. The summed E-state index contributed by atoms with van der Waals surface area (Å²) in [5, 5.41) is 25.6. The van der Waals surface area contributed by atoms with Gasteiger partial charge >= 0.3 is 5.97 Å². The van der Waals surface area contributed by atoms with Gasteiger partial charge in [0.1, 0.15) is 5.03 Å². The number of carbonyl (C=O) groups excluding carboxylic acids is 2. The Morgan fingerprint density at radius 1 is 0.772 bits per heavy atom. The molecule has 1 fully saturated rings. The molecule has 3 atom stereocenters. The fraction of sp³-hybridized carbons (Fsp3) is 0.289. The van der Waals surface area contributed by atoms with Crippen molar-refractivity contribution >= 4 is 40.9 Å². The van der Waals surface area contributed by atoms with E-state index in [1.54, 1.807) is 30.5 Å². The van der Waals surface area contributed by atoms with Gasteiger partial charge in [-0.2, -0.15) is 0 Å². The van der Waals surface area contributed by atoms with Gasteiger partial charge < -0.3 is 36.1 Å². The van der Waals surface area contributed by atoms with Crippen LogP contribution in [0, 0.1) is 0 Å². The maximum absolute atomic E-state index is 12.7. The number of unbranched alkanes of at least 4 members (excludes halogenated alkanes) is 3. The van der Waals surface area contributed by atoms with Gasteiger partial charge in [0.05, 0.1) is 35.8 Å². The van der Waals surface area contributed by atoms with E-state index < -0.39 is 12.3 Å². The van der Waals surface area contributed by atoms with Crippen molar-refractivity contribution < 1.29 is 34.1 Å². The number of aromatic carboxylic acids is 1. The molecule has 12 heteroatoms. The fourth-order valence-corrected chi connectivity index (χ4v) is 7.63. The number of carboxylic acids is 1. The number of aromatic nitrogens is 1. The molecule has 6 rings (SSSR count). The van der Waals surface area contributed by atoms with E-state index in [-0.39, 0.29) is 36.2 Å². The summed E-state index contributed by atoms with van der Waals surface area (Å²) < 4.78 is 13.1. The normalized spacial score (nSPS) is 16.5. The molecule has 0 saturated carbocycles. The average molecular weight is 789 g/mol. The van der Waals surface area contributed by atoms with Gasteiger partial charge in [-0.15, -0.1) is 11.8 Å². The number of thioether (sulfide) groups is 1. The molecule has 2 amide bonds. The van der Waals surface area contributed by atoms with Gasteiger partial charge in [-0.3, -0.25) is 9.59 Å². The number of benzene rings is 4. The zero-order valence-corrected chi connectivity index (χ0v) is 32.5. The molecule has 5 aromatic rings. The molecule has 0 unspecified atom stereocenters. The monoisotopic (exact) mass is 788 g/mol. The number of nitrogens with one attached hydrogen (secondary N) is 2. The van der Waals surface area contributed by atoms with Crippen LogP contribution in [0.25, 0.3) is 11.1 Å². The molecule has 4 aromatic carbocycles. The Morgan fingerprint density at radius 2 is 1.51 bits per heavy atom. The molecular weight excluding hydrogens is 741 g/mol. The summed E-state index contributed by atoms with van der Waals surface area (Å²) in [6.45, 7) is 0.351. The SMILES string of the molecule is Nc1ccccc1NC(=O)CCCCCCC(=O)NCc1cccc(-c2cccc([C@@H]3O[C@H](CSc4ncccc4C(=O)O)C[C@H](c4ccc(CO)cc4)O3)c2)c1. The summed E-state index contributed by atoms with van der Waals surface area (Å²) in [6.07, 6.45) is 4.91. The van der Waals surface area contributed by atoms with Crippen LogP contribution in [0.4, 0.5) is 11.4 Å². The Morgan fingerprint density at radius 3 is 2.26 bits per heavy atom. The first-order valence-corrected chi connectivity index (χ1v) is 20.2. The third-order valence-electron chi connectivity index (χ3n) is 9.72. The summed E-state index contributed by atoms with van der Waals surface area (Å²) >= 11 is 1.35. The molecule has 0 aliphatic carbocycles.